The minimum atomic E-state index is -0.251. The zero-order chi connectivity index (χ0) is 19.1. The van der Waals surface area contributed by atoms with Crippen molar-refractivity contribution in [1.82, 2.24) is 24.9 Å². The summed E-state index contributed by atoms with van der Waals surface area (Å²) >= 11 is 1.38. The summed E-state index contributed by atoms with van der Waals surface area (Å²) in [6.07, 6.45) is 0. The highest BCUT2D eigenvalue weighted by molar-refractivity contribution is 7.99. The van der Waals surface area contributed by atoms with Gasteiger partial charge in [0.25, 0.3) is 0 Å². The van der Waals surface area contributed by atoms with Crippen LogP contribution in [0.5, 0.6) is 0 Å². The van der Waals surface area contributed by atoms with E-state index in [2.05, 4.69) is 36.3 Å². The Morgan fingerprint density at radius 3 is 2.46 bits per heavy atom. The zero-order valence-electron chi connectivity index (χ0n) is 16.1. The van der Waals surface area contributed by atoms with Crippen molar-refractivity contribution in [3.8, 4) is 0 Å². The van der Waals surface area contributed by atoms with E-state index in [1.54, 1.807) is 0 Å². The Hall–Kier alpha value is -2.15. The van der Waals surface area contributed by atoms with Crippen LogP contribution in [-0.4, -0.2) is 36.8 Å². The fraction of sp³-hybridized carbons (Fsp3) is 0.474. The van der Waals surface area contributed by atoms with Gasteiger partial charge in [-0.25, -0.2) is 4.98 Å². The summed E-state index contributed by atoms with van der Waals surface area (Å²) in [5.41, 5.74) is 1.24. The maximum absolute atomic E-state index is 12.2. The van der Waals surface area contributed by atoms with Gasteiger partial charge in [0, 0.05) is 16.3 Å². The first-order chi connectivity index (χ1) is 12.1. The lowest BCUT2D eigenvalue weighted by molar-refractivity contribution is -0.119. The molecule has 26 heavy (non-hydrogen) atoms. The van der Waals surface area contributed by atoms with Crippen LogP contribution in [0.2, 0.25) is 0 Å². The van der Waals surface area contributed by atoms with Crippen molar-refractivity contribution in [2.75, 3.05) is 5.75 Å². The predicted octanol–water partition coefficient (Wildman–Crippen LogP) is 3.58. The quantitative estimate of drug-likeness (QED) is 0.713. The highest BCUT2D eigenvalue weighted by Gasteiger charge is 2.24. The van der Waals surface area contributed by atoms with Gasteiger partial charge >= 0.3 is 0 Å². The lowest BCUT2D eigenvalue weighted by Crippen LogP contribution is -2.41. The second-order valence-electron chi connectivity index (χ2n) is 8.43. The lowest BCUT2D eigenvalue weighted by Gasteiger charge is -2.21. The van der Waals surface area contributed by atoms with Crippen LogP contribution in [0.4, 0.5) is 0 Å². The molecule has 1 aromatic carbocycles. The van der Waals surface area contributed by atoms with Gasteiger partial charge in [-0.3, -0.25) is 9.20 Å². The van der Waals surface area contributed by atoms with E-state index >= 15 is 0 Å². The molecule has 0 saturated carbocycles. The van der Waals surface area contributed by atoms with Crippen LogP contribution in [0.25, 0.3) is 16.6 Å². The maximum Gasteiger partial charge on any atom is 0.230 e. The van der Waals surface area contributed by atoms with Crippen LogP contribution in [0, 0.1) is 0 Å². The summed E-state index contributed by atoms with van der Waals surface area (Å²) in [5.74, 6) is 1.15. The van der Waals surface area contributed by atoms with Gasteiger partial charge in [-0.15, -0.1) is 10.2 Å². The van der Waals surface area contributed by atoms with E-state index in [-0.39, 0.29) is 22.6 Å². The number of nitrogens with zero attached hydrogens (tertiary/aromatic N) is 4. The Morgan fingerprint density at radius 1 is 1.12 bits per heavy atom. The third-order valence-electron chi connectivity index (χ3n) is 3.73. The average Bonchev–Trinajstić information content (AvgIpc) is 2.93. The molecule has 0 aliphatic carbocycles. The largest absolute Gasteiger partial charge is 0.351 e. The number of amides is 1. The normalized spacial score (nSPS) is 12.7. The molecular weight excluding hydrogens is 346 g/mol. The first-order valence-electron chi connectivity index (χ1n) is 8.64. The van der Waals surface area contributed by atoms with Gasteiger partial charge in [0.05, 0.1) is 11.3 Å². The molecule has 138 valence electrons. The number of aromatic nitrogens is 4. The van der Waals surface area contributed by atoms with E-state index in [9.17, 15) is 4.79 Å². The Kier molecular flexibility index (Phi) is 4.69. The van der Waals surface area contributed by atoms with Gasteiger partial charge in [-0.2, -0.15) is 0 Å². The van der Waals surface area contributed by atoms with Gasteiger partial charge in [-0.05, 0) is 32.9 Å². The van der Waals surface area contributed by atoms with Crippen LogP contribution in [0.3, 0.4) is 0 Å². The SMILES string of the molecule is CC(C)(C)NC(=O)CSc1nnc2c3ccccc3nc(C(C)(C)C)n12. The Balaban J connectivity index is 2.04. The maximum atomic E-state index is 12.2. The number of fused-ring (bicyclic) bond motifs is 3. The first kappa shape index (κ1) is 18.6. The molecule has 3 rings (SSSR count). The summed E-state index contributed by atoms with van der Waals surface area (Å²) in [4.78, 5) is 17.0. The van der Waals surface area contributed by atoms with Crippen molar-refractivity contribution in [2.24, 2.45) is 0 Å². The van der Waals surface area contributed by atoms with Crippen molar-refractivity contribution in [2.45, 2.75) is 57.7 Å². The van der Waals surface area contributed by atoms with Gasteiger partial charge < -0.3 is 5.32 Å². The van der Waals surface area contributed by atoms with Gasteiger partial charge in [-0.1, -0.05) is 44.7 Å². The van der Waals surface area contributed by atoms with Crippen molar-refractivity contribution < 1.29 is 4.79 Å². The number of hydrogen-bond donors (Lipinski definition) is 1. The Morgan fingerprint density at radius 2 is 1.81 bits per heavy atom. The molecule has 0 radical (unpaired) electrons. The van der Waals surface area contributed by atoms with E-state index in [1.165, 1.54) is 11.8 Å². The highest BCUT2D eigenvalue weighted by Crippen LogP contribution is 2.29. The second kappa shape index (κ2) is 6.54. The molecule has 0 unspecified atom stereocenters. The van der Waals surface area contributed by atoms with E-state index in [0.717, 1.165) is 22.4 Å². The molecule has 0 bridgehead atoms. The standard InChI is InChI=1S/C19H25N5OS/c1-18(2,3)16-20-13-10-8-7-9-12(13)15-22-23-17(24(15)16)26-11-14(25)21-19(4,5)6/h7-10H,11H2,1-6H3,(H,21,25). The molecule has 0 spiro atoms. The first-order valence-corrected chi connectivity index (χ1v) is 9.63. The molecule has 1 amide bonds. The molecule has 0 atom stereocenters. The third kappa shape index (κ3) is 3.82. The number of nitrogens with one attached hydrogen (secondary N) is 1. The fourth-order valence-electron chi connectivity index (χ4n) is 2.74. The van der Waals surface area contributed by atoms with Gasteiger partial charge in [0.1, 0.15) is 5.82 Å². The highest BCUT2D eigenvalue weighted by atomic mass is 32.2. The summed E-state index contributed by atoms with van der Waals surface area (Å²) in [5, 5.41) is 13.4. The molecule has 2 heterocycles. The fourth-order valence-corrected chi connectivity index (χ4v) is 3.47. The van der Waals surface area contributed by atoms with Crippen LogP contribution >= 0.6 is 11.8 Å². The number of para-hydroxylation sites is 1. The van der Waals surface area contributed by atoms with E-state index in [0.29, 0.717) is 5.16 Å². The summed E-state index contributed by atoms with van der Waals surface area (Å²) in [7, 11) is 0. The Bertz CT molecular complexity index is 966. The van der Waals surface area contributed by atoms with Crippen LogP contribution < -0.4 is 5.32 Å². The third-order valence-corrected chi connectivity index (χ3v) is 4.66. The van der Waals surface area contributed by atoms with Gasteiger partial charge in [0.15, 0.2) is 10.8 Å². The summed E-state index contributed by atoms with van der Waals surface area (Å²) in [6, 6.07) is 7.93. The lowest BCUT2D eigenvalue weighted by atomic mass is 9.95. The molecule has 3 aromatic rings. The van der Waals surface area contributed by atoms with E-state index in [1.807, 2.05) is 49.4 Å². The molecular formula is C19H25N5OS. The monoisotopic (exact) mass is 371 g/mol. The van der Waals surface area contributed by atoms with E-state index in [4.69, 9.17) is 4.98 Å². The molecule has 6 nitrogen and oxygen atoms in total. The van der Waals surface area contributed by atoms with Crippen LogP contribution in [-0.2, 0) is 10.2 Å². The zero-order valence-corrected chi connectivity index (χ0v) is 16.9. The number of carbonyl (C=O) groups is 1. The predicted molar refractivity (Wildman–Crippen MR) is 106 cm³/mol. The van der Waals surface area contributed by atoms with E-state index < -0.39 is 0 Å². The smallest absolute Gasteiger partial charge is 0.230 e. The van der Waals surface area contributed by atoms with Crippen LogP contribution in [0.1, 0.15) is 47.4 Å². The topological polar surface area (TPSA) is 72.2 Å². The molecule has 0 fully saturated rings. The summed E-state index contributed by atoms with van der Waals surface area (Å²) < 4.78 is 1.98. The van der Waals surface area contributed by atoms with Crippen LogP contribution in [0.15, 0.2) is 29.4 Å². The number of carbonyl (C=O) groups excluding carboxylic acids is 1. The van der Waals surface area contributed by atoms with Crippen molar-refractivity contribution in [3.63, 3.8) is 0 Å². The van der Waals surface area contributed by atoms with Gasteiger partial charge in [0.2, 0.25) is 5.91 Å². The minimum Gasteiger partial charge on any atom is -0.351 e. The van der Waals surface area contributed by atoms with Crippen molar-refractivity contribution in [1.29, 1.82) is 0 Å². The molecule has 2 aromatic heterocycles. The van der Waals surface area contributed by atoms with Crippen molar-refractivity contribution in [3.05, 3.63) is 30.1 Å². The minimum absolute atomic E-state index is 0.0229. The number of rotatable bonds is 3. The number of benzene rings is 1. The average molecular weight is 372 g/mol. The number of hydrogen-bond acceptors (Lipinski definition) is 5. The second-order valence-corrected chi connectivity index (χ2v) is 9.37. The number of thioether (sulfide) groups is 1. The molecule has 7 heteroatoms. The molecule has 1 N–H and O–H groups in total. The molecule has 0 saturated heterocycles. The Labute approximate surface area is 157 Å². The molecule has 0 aliphatic rings. The molecule has 0 aliphatic heterocycles. The summed E-state index contributed by atoms with van der Waals surface area (Å²) in [6.45, 7) is 12.3. The van der Waals surface area contributed by atoms with Crippen molar-refractivity contribution >= 4 is 34.2 Å².